The van der Waals surface area contributed by atoms with Crippen LogP contribution in [0.3, 0.4) is 0 Å². The Labute approximate surface area is 119 Å². The van der Waals surface area contributed by atoms with Gasteiger partial charge in [0.15, 0.2) is 0 Å². The maximum atomic E-state index is 14.0. The molecule has 0 aliphatic rings. The van der Waals surface area contributed by atoms with Crippen molar-refractivity contribution in [2.24, 2.45) is 0 Å². The van der Waals surface area contributed by atoms with Gasteiger partial charge in [0.05, 0.1) is 10.5 Å². The molecule has 100 valence electrons. The molecular formula is C15H14BrF2N. The van der Waals surface area contributed by atoms with Crippen molar-refractivity contribution in [3.05, 3.63) is 69.2 Å². The molecule has 0 radical (unpaired) electrons. The molecule has 0 heterocycles. The van der Waals surface area contributed by atoms with Crippen LogP contribution in [0.25, 0.3) is 0 Å². The summed E-state index contributed by atoms with van der Waals surface area (Å²) in [6.07, 6.45) is 0. The topological polar surface area (TPSA) is 12.0 Å². The number of rotatable bonds is 3. The Kier molecular flexibility index (Phi) is 4.32. The molecule has 1 N–H and O–H groups in total. The van der Waals surface area contributed by atoms with Gasteiger partial charge in [-0.2, -0.15) is 0 Å². The van der Waals surface area contributed by atoms with Gasteiger partial charge >= 0.3 is 0 Å². The molecule has 2 rings (SSSR count). The normalized spacial score (nSPS) is 12.5. The van der Waals surface area contributed by atoms with Gasteiger partial charge in [-0.05, 0) is 47.6 Å². The van der Waals surface area contributed by atoms with Crippen molar-refractivity contribution in [3.63, 3.8) is 0 Å². The van der Waals surface area contributed by atoms with Crippen molar-refractivity contribution >= 4 is 15.9 Å². The summed E-state index contributed by atoms with van der Waals surface area (Å²) < 4.78 is 27.9. The molecule has 2 aromatic carbocycles. The lowest BCUT2D eigenvalue weighted by Gasteiger charge is -2.20. The van der Waals surface area contributed by atoms with Crippen LogP contribution in [0.5, 0.6) is 0 Å². The summed E-state index contributed by atoms with van der Waals surface area (Å²) in [5, 5.41) is 3.03. The molecular weight excluding hydrogens is 312 g/mol. The van der Waals surface area contributed by atoms with Crippen molar-refractivity contribution in [1.29, 1.82) is 0 Å². The van der Waals surface area contributed by atoms with Gasteiger partial charge in [-0.1, -0.05) is 29.8 Å². The van der Waals surface area contributed by atoms with E-state index in [0.717, 1.165) is 5.56 Å². The van der Waals surface area contributed by atoms with Gasteiger partial charge in [0.2, 0.25) is 0 Å². The molecule has 4 heteroatoms. The van der Waals surface area contributed by atoms with Crippen LogP contribution in [0.15, 0.2) is 40.9 Å². The van der Waals surface area contributed by atoms with Crippen LogP contribution in [-0.4, -0.2) is 7.05 Å². The van der Waals surface area contributed by atoms with Crippen LogP contribution in [0, 0.1) is 18.6 Å². The molecule has 0 fully saturated rings. The smallest absolute Gasteiger partial charge is 0.137 e. The fourth-order valence-electron chi connectivity index (χ4n) is 2.11. The van der Waals surface area contributed by atoms with Crippen molar-refractivity contribution in [3.8, 4) is 0 Å². The van der Waals surface area contributed by atoms with Crippen LogP contribution in [0.4, 0.5) is 8.78 Å². The molecule has 0 saturated heterocycles. The average molecular weight is 326 g/mol. The third-order valence-corrected chi connectivity index (χ3v) is 3.88. The highest BCUT2D eigenvalue weighted by atomic mass is 79.9. The lowest BCUT2D eigenvalue weighted by Crippen LogP contribution is -2.20. The molecule has 0 aliphatic carbocycles. The summed E-state index contributed by atoms with van der Waals surface area (Å²) in [5.74, 6) is -0.660. The second-order valence-corrected chi connectivity index (χ2v) is 5.18. The monoisotopic (exact) mass is 325 g/mol. The van der Waals surface area contributed by atoms with Crippen LogP contribution in [0.2, 0.25) is 0 Å². The second-order valence-electron chi connectivity index (χ2n) is 4.39. The largest absolute Gasteiger partial charge is 0.309 e. The average Bonchev–Trinajstić information content (AvgIpc) is 2.39. The molecule has 1 atom stereocenters. The third-order valence-electron chi connectivity index (χ3n) is 3.04. The quantitative estimate of drug-likeness (QED) is 0.884. The summed E-state index contributed by atoms with van der Waals surface area (Å²) in [4.78, 5) is 0. The van der Waals surface area contributed by atoms with Crippen molar-refractivity contribution in [2.45, 2.75) is 13.0 Å². The molecule has 2 aromatic rings. The molecule has 0 aromatic heterocycles. The highest BCUT2D eigenvalue weighted by Gasteiger charge is 2.20. The van der Waals surface area contributed by atoms with Crippen molar-refractivity contribution in [2.75, 3.05) is 7.05 Å². The van der Waals surface area contributed by atoms with Crippen LogP contribution in [-0.2, 0) is 0 Å². The highest BCUT2D eigenvalue weighted by Crippen LogP contribution is 2.31. The molecule has 0 spiro atoms. The van der Waals surface area contributed by atoms with E-state index in [1.165, 1.54) is 12.1 Å². The van der Waals surface area contributed by atoms with E-state index in [2.05, 4.69) is 21.2 Å². The van der Waals surface area contributed by atoms with Gasteiger partial charge in [-0.3, -0.25) is 0 Å². The summed E-state index contributed by atoms with van der Waals surface area (Å²) in [6, 6.07) is 9.28. The predicted octanol–water partition coefficient (Wildman–Crippen LogP) is 4.34. The Balaban J connectivity index is 2.56. The lowest BCUT2D eigenvalue weighted by atomic mass is 9.97. The molecule has 0 aliphatic heterocycles. The van der Waals surface area contributed by atoms with Crippen molar-refractivity contribution in [1.82, 2.24) is 5.32 Å². The Morgan fingerprint density at radius 1 is 1.05 bits per heavy atom. The molecule has 0 amide bonds. The number of benzene rings is 2. The van der Waals surface area contributed by atoms with Crippen LogP contribution >= 0.6 is 15.9 Å². The van der Waals surface area contributed by atoms with Gasteiger partial charge in [0.1, 0.15) is 11.6 Å². The fourth-order valence-corrected chi connectivity index (χ4v) is 2.60. The van der Waals surface area contributed by atoms with Gasteiger partial charge in [-0.25, -0.2) is 8.78 Å². The predicted molar refractivity (Wildman–Crippen MR) is 76.1 cm³/mol. The second kappa shape index (κ2) is 5.80. The summed E-state index contributed by atoms with van der Waals surface area (Å²) in [7, 11) is 1.73. The highest BCUT2D eigenvalue weighted by molar-refractivity contribution is 9.10. The Morgan fingerprint density at radius 3 is 2.47 bits per heavy atom. The zero-order valence-corrected chi connectivity index (χ0v) is 12.3. The van der Waals surface area contributed by atoms with Gasteiger partial charge < -0.3 is 5.32 Å². The van der Waals surface area contributed by atoms with E-state index in [-0.39, 0.29) is 11.6 Å². The third kappa shape index (κ3) is 2.85. The van der Waals surface area contributed by atoms with Gasteiger partial charge in [0.25, 0.3) is 0 Å². The number of aryl methyl sites for hydroxylation is 1. The fraction of sp³-hybridized carbons (Fsp3) is 0.200. The minimum atomic E-state index is -0.398. The van der Waals surface area contributed by atoms with E-state index in [1.807, 2.05) is 6.92 Å². The number of nitrogens with one attached hydrogen (secondary N) is 1. The van der Waals surface area contributed by atoms with E-state index in [0.29, 0.717) is 15.6 Å². The van der Waals surface area contributed by atoms with Crippen molar-refractivity contribution < 1.29 is 8.78 Å². The van der Waals surface area contributed by atoms with Gasteiger partial charge in [0, 0.05) is 5.56 Å². The van der Waals surface area contributed by atoms with Gasteiger partial charge in [-0.15, -0.1) is 0 Å². The Hall–Kier alpha value is -1.26. The van der Waals surface area contributed by atoms with Crippen LogP contribution < -0.4 is 5.32 Å². The van der Waals surface area contributed by atoms with E-state index >= 15 is 0 Å². The van der Waals surface area contributed by atoms with E-state index in [1.54, 1.807) is 31.3 Å². The molecule has 1 nitrogen and oxygen atoms in total. The Morgan fingerprint density at radius 2 is 1.79 bits per heavy atom. The molecule has 19 heavy (non-hydrogen) atoms. The zero-order chi connectivity index (χ0) is 14.0. The number of hydrogen-bond acceptors (Lipinski definition) is 1. The van der Waals surface area contributed by atoms with E-state index in [4.69, 9.17) is 0 Å². The first-order valence-electron chi connectivity index (χ1n) is 5.92. The summed E-state index contributed by atoms with van der Waals surface area (Å²) in [5.41, 5.74) is 2.14. The molecule has 0 bridgehead atoms. The zero-order valence-electron chi connectivity index (χ0n) is 10.7. The minimum Gasteiger partial charge on any atom is -0.309 e. The van der Waals surface area contributed by atoms with Crippen LogP contribution in [0.1, 0.15) is 22.7 Å². The minimum absolute atomic E-state index is 0.305. The Bertz CT molecular complexity index is 597. The summed E-state index contributed by atoms with van der Waals surface area (Å²) >= 11 is 3.22. The maximum Gasteiger partial charge on any atom is 0.137 e. The lowest BCUT2D eigenvalue weighted by molar-refractivity contribution is 0.568. The van der Waals surface area contributed by atoms with E-state index < -0.39 is 6.04 Å². The number of halogens is 3. The first-order valence-corrected chi connectivity index (χ1v) is 6.71. The SMILES string of the molecule is CNC(c1cc(C)ccc1F)c1cccc(F)c1Br. The maximum absolute atomic E-state index is 14.0. The first-order chi connectivity index (χ1) is 9.04. The standard InChI is InChI=1S/C15H14BrF2N/c1-9-6-7-12(17)11(8-9)15(19-2)10-4-3-5-13(18)14(10)16/h3-8,15,19H,1-2H3. The first kappa shape index (κ1) is 14.2. The van der Waals surface area contributed by atoms with E-state index in [9.17, 15) is 8.78 Å². The molecule has 1 unspecified atom stereocenters. The number of hydrogen-bond donors (Lipinski definition) is 1. The molecule has 0 saturated carbocycles. The summed E-state index contributed by atoms with van der Waals surface area (Å²) in [6.45, 7) is 1.90.